The molecule has 3 aliphatic heterocycles. The first-order chi connectivity index (χ1) is 16.3. The van der Waals surface area contributed by atoms with Crippen LogP contribution in [0.2, 0.25) is 0 Å². The number of hydrogen-bond acceptors (Lipinski definition) is 9. The van der Waals surface area contributed by atoms with Crippen molar-refractivity contribution < 1.29 is 28.0 Å². The molecule has 0 unspecified atom stereocenters. The Bertz CT molecular complexity index is 1360. The molecule has 0 saturated carbocycles. The van der Waals surface area contributed by atoms with Gasteiger partial charge in [0.1, 0.15) is 12.0 Å². The summed E-state index contributed by atoms with van der Waals surface area (Å²) < 4.78 is 27.3. The first-order valence-corrected chi connectivity index (χ1v) is 10.8. The summed E-state index contributed by atoms with van der Waals surface area (Å²) in [6.07, 6.45) is 1.82. The van der Waals surface area contributed by atoms with E-state index in [9.17, 15) is 14.4 Å². The van der Waals surface area contributed by atoms with E-state index in [1.807, 2.05) is 6.92 Å². The highest BCUT2D eigenvalue weighted by atomic mass is 19.1. The fourth-order valence-corrected chi connectivity index (χ4v) is 5.56. The number of morpholine rings is 1. The zero-order valence-electron chi connectivity index (χ0n) is 18.2. The highest BCUT2D eigenvalue weighted by molar-refractivity contribution is 6.20. The molecule has 11 nitrogen and oxygen atoms in total. The molecule has 3 aliphatic rings. The summed E-state index contributed by atoms with van der Waals surface area (Å²) in [4.78, 5) is 48.1. The first-order valence-electron chi connectivity index (χ1n) is 10.8. The van der Waals surface area contributed by atoms with Gasteiger partial charge in [-0.3, -0.25) is 20.2 Å². The smallest absolute Gasteiger partial charge is 0.328 e. The van der Waals surface area contributed by atoms with E-state index in [4.69, 9.17) is 9.26 Å². The Labute approximate surface area is 191 Å². The average molecular weight is 466 g/mol. The number of ether oxygens (including phenoxy) is 1. The number of aromatic nitrogens is 3. The number of nitrogens with zero attached hydrogens (tertiary/aromatic N) is 4. The van der Waals surface area contributed by atoms with Crippen molar-refractivity contribution in [2.45, 2.75) is 38.5 Å². The molecule has 0 bridgehead atoms. The highest BCUT2D eigenvalue weighted by Crippen LogP contribution is 2.49. The number of rotatable bonds is 1. The minimum absolute atomic E-state index is 0.0541. The minimum atomic E-state index is -1.70. The second-order valence-corrected chi connectivity index (χ2v) is 8.84. The number of imide groups is 2. The van der Waals surface area contributed by atoms with Crippen molar-refractivity contribution in [2.24, 2.45) is 5.41 Å². The number of halogens is 1. The van der Waals surface area contributed by atoms with Gasteiger partial charge in [-0.05, 0) is 31.5 Å². The number of anilines is 1. The topological polar surface area (TPSA) is 140 Å². The van der Waals surface area contributed by atoms with Crippen LogP contribution in [-0.2, 0) is 20.7 Å². The number of carbonyl (C=O) groups excluding carboxylic acids is 3. The maximum absolute atomic E-state index is 16.0. The van der Waals surface area contributed by atoms with Crippen molar-refractivity contribution in [1.82, 2.24) is 25.8 Å². The van der Waals surface area contributed by atoms with Gasteiger partial charge in [0.15, 0.2) is 11.2 Å². The molecule has 0 aliphatic carbocycles. The maximum atomic E-state index is 16.0. The van der Waals surface area contributed by atoms with Crippen molar-refractivity contribution in [1.29, 1.82) is 0 Å². The fourth-order valence-electron chi connectivity index (χ4n) is 5.56. The monoisotopic (exact) mass is 466 g/mol. The molecule has 1 spiro atoms. The summed E-state index contributed by atoms with van der Waals surface area (Å²) in [7, 11) is 0. The lowest BCUT2D eigenvalue weighted by Crippen LogP contribution is -2.75. The normalized spacial score (nSPS) is 25.7. The first kappa shape index (κ1) is 20.7. The van der Waals surface area contributed by atoms with E-state index in [2.05, 4.69) is 25.8 Å². The summed E-state index contributed by atoms with van der Waals surface area (Å²) in [6, 6.07) is 1.55. The molecule has 6 rings (SSSR count). The van der Waals surface area contributed by atoms with E-state index in [0.717, 1.165) is 0 Å². The molecule has 4 amide bonds. The molecule has 2 N–H and O–H groups in total. The van der Waals surface area contributed by atoms with Crippen LogP contribution in [0.5, 0.6) is 0 Å². The van der Waals surface area contributed by atoms with E-state index in [1.165, 1.54) is 12.5 Å². The van der Waals surface area contributed by atoms with Crippen LogP contribution >= 0.6 is 0 Å². The lowest BCUT2D eigenvalue weighted by Gasteiger charge is -2.55. The van der Waals surface area contributed by atoms with E-state index in [-0.39, 0.29) is 30.3 Å². The molecule has 3 atom stereocenters. The Morgan fingerprint density at radius 2 is 1.97 bits per heavy atom. The molecule has 12 heteroatoms. The molecule has 1 aromatic carbocycles. The minimum Gasteiger partial charge on any atom is -0.372 e. The molecular formula is C22H19FN6O5. The van der Waals surface area contributed by atoms with E-state index < -0.39 is 41.2 Å². The largest absolute Gasteiger partial charge is 0.372 e. The number of nitrogens with one attached hydrogen (secondary N) is 2. The second kappa shape index (κ2) is 7.03. The lowest BCUT2D eigenvalue weighted by atomic mass is 9.66. The van der Waals surface area contributed by atoms with Gasteiger partial charge < -0.3 is 14.2 Å². The predicted molar refractivity (Wildman–Crippen MR) is 114 cm³/mol. The molecular weight excluding hydrogens is 447 g/mol. The standard InChI is InChI=1S/C22H19FN6O5/c1-9-7-29-16-11(5-12-15(13-3-4-24-8-25-13)28-34-17(12)14(16)23)6-22(18(29)10(2)33-9)19(30)26-21(32)27-20(22)31/h3-5,8-10,18H,6-7H2,1-2H3,(H2,26,27,30,31,32)/t9-,10+,18-/m1/s1. The van der Waals surface area contributed by atoms with Crippen LogP contribution in [0.1, 0.15) is 19.4 Å². The van der Waals surface area contributed by atoms with Crippen molar-refractivity contribution in [3.8, 4) is 11.4 Å². The van der Waals surface area contributed by atoms with Crippen molar-refractivity contribution in [3.63, 3.8) is 0 Å². The number of fused-ring (bicyclic) bond motifs is 5. The summed E-state index contributed by atoms with van der Waals surface area (Å²) in [6.45, 7) is 3.79. The number of benzene rings is 1. The number of urea groups is 1. The summed E-state index contributed by atoms with van der Waals surface area (Å²) in [5, 5.41) is 8.81. The van der Waals surface area contributed by atoms with E-state index >= 15 is 4.39 Å². The van der Waals surface area contributed by atoms with E-state index in [0.29, 0.717) is 22.3 Å². The van der Waals surface area contributed by atoms with Gasteiger partial charge in [0, 0.05) is 19.2 Å². The summed E-state index contributed by atoms with van der Waals surface area (Å²) in [5.74, 6) is -2.13. The third kappa shape index (κ3) is 2.65. The van der Waals surface area contributed by atoms with Gasteiger partial charge in [0.05, 0.1) is 35.0 Å². The van der Waals surface area contributed by atoms with Crippen LogP contribution in [0.4, 0.5) is 14.9 Å². The Hall–Kier alpha value is -3.93. The van der Waals surface area contributed by atoms with Gasteiger partial charge in [-0.15, -0.1) is 0 Å². The zero-order chi connectivity index (χ0) is 23.8. The third-order valence-corrected chi connectivity index (χ3v) is 6.79. The summed E-state index contributed by atoms with van der Waals surface area (Å²) in [5.41, 5.74) is -0.363. The lowest BCUT2D eigenvalue weighted by molar-refractivity contribution is -0.153. The van der Waals surface area contributed by atoms with E-state index in [1.54, 1.807) is 24.0 Å². The highest BCUT2D eigenvalue weighted by Gasteiger charge is 2.63. The Morgan fingerprint density at radius 1 is 1.21 bits per heavy atom. The van der Waals surface area contributed by atoms with Crippen LogP contribution in [-0.4, -0.2) is 57.8 Å². The predicted octanol–water partition coefficient (Wildman–Crippen LogP) is 1.31. The third-order valence-electron chi connectivity index (χ3n) is 6.79. The SMILES string of the molecule is C[C@@H]1CN2c3c(cc4c(-c5ccncn5)noc4c3F)CC3(C(=O)NC(=O)NC3=O)[C@H]2[C@H](C)O1. The van der Waals surface area contributed by atoms with Gasteiger partial charge in [-0.25, -0.2) is 19.2 Å². The number of hydrogen-bond donors (Lipinski definition) is 2. The van der Waals surface area contributed by atoms with Gasteiger partial charge in [-0.2, -0.15) is 0 Å². The summed E-state index contributed by atoms with van der Waals surface area (Å²) >= 11 is 0. The molecule has 0 radical (unpaired) electrons. The Morgan fingerprint density at radius 3 is 2.68 bits per heavy atom. The average Bonchev–Trinajstić information content (AvgIpc) is 3.21. The zero-order valence-corrected chi connectivity index (χ0v) is 18.2. The molecule has 174 valence electrons. The van der Waals surface area contributed by atoms with Crippen molar-refractivity contribution in [3.05, 3.63) is 36.0 Å². The van der Waals surface area contributed by atoms with Crippen molar-refractivity contribution >= 4 is 34.5 Å². The van der Waals surface area contributed by atoms with Crippen molar-refractivity contribution in [2.75, 3.05) is 11.4 Å². The van der Waals surface area contributed by atoms with Gasteiger partial charge in [-0.1, -0.05) is 5.16 Å². The van der Waals surface area contributed by atoms with Crippen LogP contribution in [0.3, 0.4) is 0 Å². The fraction of sp³-hybridized carbons (Fsp3) is 0.364. The Kier molecular flexibility index (Phi) is 4.27. The van der Waals surface area contributed by atoms with Crippen LogP contribution < -0.4 is 15.5 Å². The molecule has 2 saturated heterocycles. The van der Waals surface area contributed by atoms with Crippen LogP contribution in [0, 0.1) is 11.2 Å². The number of carbonyl (C=O) groups is 3. The number of amides is 4. The quantitative estimate of drug-likeness (QED) is 0.508. The molecule has 3 aromatic rings. The maximum Gasteiger partial charge on any atom is 0.328 e. The molecule has 5 heterocycles. The van der Waals surface area contributed by atoms with Crippen LogP contribution in [0.15, 0.2) is 29.2 Å². The Balaban J connectivity index is 1.61. The van der Waals surface area contributed by atoms with Crippen LogP contribution in [0.25, 0.3) is 22.4 Å². The number of barbiturate groups is 1. The molecule has 2 fully saturated rings. The van der Waals surface area contributed by atoms with Gasteiger partial charge >= 0.3 is 6.03 Å². The van der Waals surface area contributed by atoms with Gasteiger partial charge in [0.2, 0.25) is 17.4 Å². The molecule has 2 aromatic heterocycles. The van der Waals surface area contributed by atoms with Gasteiger partial charge in [0.25, 0.3) is 0 Å². The second-order valence-electron chi connectivity index (χ2n) is 8.84. The molecule has 34 heavy (non-hydrogen) atoms.